The fraction of sp³-hybridized carbons (Fsp3) is 0.417. The number of carbonyl (C=O) groups is 1. The van der Waals surface area contributed by atoms with Gasteiger partial charge in [0.2, 0.25) is 5.91 Å². The fourth-order valence-electron chi connectivity index (χ4n) is 4.64. The number of nitrogens with one attached hydrogen (secondary N) is 1. The highest BCUT2D eigenvalue weighted by molar-refractivity contribution is 5.87. The van der Waals surface area contributed by atoms with E-state index in [1.807, 2.05) is 0 Å². The molecule has 192 valence electrons. The number of hydrogen-bond donors (Lipinski definition) is 2. The summed E-state index contributed by atoms with van der Waals surface area (Å²) in [6.45, 7) is 4.06. The van der Waals surface area contributed by atoms with Crippen molar-refractivity contribution in [3.8, 4) is 0 Å². The number of nitrogens with zero attached hydrogens (tertiary/aromatic N) is 4. The zero-order chi connectivity index (χ0) is 26.4. The van der Waals surface area contributed by atoms with E-state index >= 15 is 0 Å². The maximum atomic E-state index is 14.7. The highest BCUT2D eigenvalue weighted by Gasteiger charge is 2.33. The first-order valence-electron chi connectivity index (χ1n) is 11.4. The average Bonchev–Trinajstić information content (AvgIpc) is 2.82. The second-order valence-electron chi connectivity index (χ2n) is 9.04. The Morgan fingerprint density at radius 1 is 1.19 bits per heavy atom. The van der Waals surface area contributed by atoms with Gasteiger partial charge >= 0.3 is 6.18 Å². The molecule has 4 rings (SSSR count). The van der Waals surface area contributed by atoms with Crippen molar-refractivity contribution in [2.75, 3.05) is 24.1 Å². The number of alkyl halides is 3. The van der Waals surface area contributed by atoms with Gasteiger partial charge in [0.1, 0.15) is 17.8 Å². The predicted molar refractivity (Wildman–Crippen MR) is 127 cm³/mol. The molecule has 0 radical (unpaired) electrons. The van der Waals surface area contributed by atoms with Crippen LogP contribution >= 0.6 is 0 Å². The minimum absolute atomic E-state index is 0.0174. The molecule has 0 spiro atoms. The molecule has 8 nitrogen and oxygen atoms in total. The molecule has 0 aliphatic carbocycles. The van der Waals surface area contributed by atoms with Gasteiger partial charge in [0.25, 0.3) is 5.56 Å². The third kappa shape index (κ3) is 4.71. The van der Waals surface area contributed by atoms with Crippen molar-refractivity contribution in [2.45, 2.75) is 44.8 Å². The molecule has 1 aliphatic heterocycles. The minimum Gasteiger partial charge on any atom is -0.396 e. The molecule has 1 aliphatic rings. The van der Waals surface area contributed by atoms with Gasteiger partial charge in [-0.15, -0.1) is 0 Å². The number of likely N-dealkylation sites (tertiary alicyclic amines) is 1. The average molecular weight is 507 g/mol. The van der Waals surface area contributed by atoms with E-state index < -0.39 is 29.3 Å². The Labute approximate surface area is 204 Å². The van der Waals surface area contributed by atoms with Gasteiger partial charge in [-0.2, -0.15) is 13.2 Å². The molecule has 3 aromatic rings. The van der Waals surface area contributed by atoms with Gasteiger partial charge in [0.15, 0.2) is 5.82 Å². The second-order valence-corrected chi connectivity index (χ2v) is 9.04. The Hall–Kier alpha value is -3.70. The van der Waals surface area contributed by atoms with E-state index in [9.17, 15) is 27.2 Å². The Bertz CT molecular complexity index is 1380. The standard InChI is InChI=1S/C24H26F4N6O2/c1-12(16-8-15(24(26,27)28)9-19(29)20(16)25)32-21-18-10-17(14-4-6-34(7-5-14)13(2)35)23(36)33(3)22(18)31-11-30-21/h8-12,14H,4-7,29H2,1-3H3,(H,30,31,32)/t12-/m1/s1. The van der Waals surface area contributed by atoms with E-state index in [0.29, 0.717) is 48.6 Å². The molecule has 36 heavy (non-hydrogen) atoms. The van der Waals surface area contributed by atoms with Crippen LogP contribution in [0.15, 0.2) is 29.3 Å². The molecular formula is C24H26F4N6O2. The number of benzene rings is 1. The number of aromatic nitrogens is 3. The Kier molecular flexibility index (Phi) is 6.63. The van der Waals surface area contributed by atoms with Crippen LogP contribution in [0.5, 0.6) is 0 Å². The maximum absolute atomic E-state index is 14.7. The summed E-state index contributed by atoms with van der Waals surface area (Å²) in [7, 11) is 1.58. The maximum Gasteiger partial charge on any atom is 0.416 e. The quantitative estimate of drug-likeness (QED) is 0.410. The van der Waals surface area contributed by atoms with E-state index in [2.05, 4.69) is 15.3 Å². The molecule has 0 bridgehead atoms. The van der Waals surface area contributed by atoms with Crippen LogP contribution < -0.4 is 16.6 Å². The first kappa shape index (κ1) is 25.4. The summed E-state index contributed by atoms with van der Waals surface area (Å²) in [6.07, 6.45) is -2.24. The monoisotopic (exact) mass is 506 g/mol. The van der Waals surface area contributed by atoms with Crippen molar-refractivity contribution in [1.29, 1.82) is 0 Å². The summed E-state index contributed by atoms with van der Waals surface area (Å²) < 4.78 is 55.9. The SMILES string of the molecule is CC(=O)N1CCC(c2cc3c(N[C@H](C)c4cc(C(F)(F)F)cc(N)c4F)ncnc3n(C)c2=O)CC1. The highest BCUT2D eigenvalue weighted by Crippen LogP contribution is 2.36. The number of pyridine rings is 1. The van der Waals surface area contributed by atoms with Gasteiger partial charge in [0.05, 0.1) is 22.7 Å². The predicted octanol–water partition coefficient (Wildman–Crippen LogP) is 3.97. The summed E-state index contributed by atoms with van der Waals surface area (Å²) >= 11 is 0. The zero-order valence-electron chi connectivity index (χ0n) is 20.0. The molecule has 1 atom stereocenters. The summed E-state index contributed by atoms with van der Waals surface area (Å²) in [6, 6.07) is 2.02. The van der Waals surface area contributed by atoms with Gasteiger partial charge in [0, 0.05) is 38.2 Å². The first-order chi connectivity index (χ1) is 16.9. The van der Waals surface area contributed by atoms with E-state index in [0.717, 1.165) is 6.07 Å². The number of rotatable bonds is 4. The first-order valence-corrected chi connectivity index (χ1v) is 11.4. The number of anilines is 2. The van der Waals surface area contributed by atoms with Gasteiger partial charge in [-0.25, -0.2) is 14.4 Å². The normalized spacial score (nSPS) is 15.8. The number of piperidine rings is 1. The molecule has 12 heteroatoms. The van der Waals surface area contributed by atoms with Crippen molar-refractivity contribution >= 4 is 28.4 Å². The van der Waals surface area contributed by atoms with E-state index in [-0.39, 0.29) is 28.8 Å². The van der Waals surface area contributed by atoms with Gasteiger partial charge in [-0.3, -0.25) is 14.2 Å². The number of aryl methyl sites for hydroxylation is 1. The van der Waals surface area contributed by atoms with Crippen LogP contribution in [0.2, 0.25) is 0 Å². The third-order valence-corrected chi connectivity index (χ3v) is 6.69. The Morgan fingerprint density at radius 2 is 1.86 bits per heavy atom. The van der Waals surface area contributed by atoms with E-state index in [1.165, 1.54) is 24.7 Å². The summed E-state index contributed by atoms with van der Waals surface area (Å²) in [5.74, 6) is -0.821. The Balaban J connectivity index is 1.73. The molecular weight excluding hydrogens is 480 g/mol. The van der Waals surface area contributed by atoms with Gasteiger partial charge in [-0.05, 0) is 43.9 Å². The lowest BCUT2D eigenvalue weighted by Crippen LogP contribution is -2.38. The van der Waals surface area contributed by atoms with Crippen molar-refractivity contribution in [2.24, 2.45) is 7.05 Å². The lowest BCUT2D eigenvalue weighted by molar-refractivity contribution is -0.137. The number of fused-ring (bicyclic) bond motifs is 1. The number of nitrogen functional groups attached to an aromatic ring is 1. The van der Waals surface area contributed by atoms with Crippen molar-refractivity contribution < 1.29 is 22.4 Å². The molecule has 0 unspecified atom stereocenters. The van der Waals surface area contributed by atoms with Crippen molar-refractivity contribution in [3.05, 3.63) is 57.4 Å². The molecule has 0 saturated carbocycles. The summed E-state index contributed by atoms with van der Waals surface area (Å²) in [5, 5.41) is 3.43. The highest BCUT2D eigenvalue weighted by atomic mass is 19.4. The van der Waals surface area contributed by atoms with Gasteiger partial charge in [-0.1, -0.05) is 0 Å². The van der Waals surface area contributed by atoms with Gasteiger partial charge < -0.3 is 16.0 Å². The molecule has 3 N–H and O–H groups in total. The zero-order valence-corrected chi connectivity index (χ0v) is 20.0. The summed E-state index contributed by atoms with van der Waals surface area (Å²) in [5.41, 5.74) is 4.21. The molecule has 2 aromatic heterocycles. The number of nitrogens with two attached hydrogens (primary N) is 1. The van der Waals surface area contributed by atoms with Crippen LogP contribution in [0.25, 0.3) is 11.0 Å². The number of hydrogen-bond acceptors (Lipinski definition) is 6. The molecule has 3 heterocycles. The van der Waals surface area contributed by atoms with Crippen LogP contribution in [0, 0.1) is 5.82 Å². The number of carbonyl (C=O) groups excluding carboxylic acids is 1. The van der Waals surface area contributed by atoms with Crippen molar-refractivity contribution in [1.82, 2.24) is 19.4 Å². The molecule has 1 amide bonds. The third-order valence-electron chi connectivity index (χ3n) is 6.69. The van der Waals surface area contributed by atoms with Crippen molar-refractivity contribution in [3.63, 3.8) is 0 Å². The van der Waals surface area contributed by atoms with Crippen LogP contribution in [0.1, 0.15) is 55.3 Å². The second kappa shape index (κ2) is 9.40. The fourth-order valence-corrected chi connectivity index (χ4v) is 4.64. The molecule has 1 aromatic carbocycles. The van der Waals surface area contributed by atoms with Crippen LogP contribution in [0.3, 0.4) is 0 Å². The molecule has 1 fully saturated rings. The summed E-state index contributed by atoms with van der Waals surface area (Å²) in [4.78, 5) is 34.9. The van der Waals surface area contributed by atoms with Crippen LogP contribution in [-0.4, -0.2) is 38.4 Å². The minimum atomic E-state index is -4.69. The van der Waals surface area contributed by atoms with E-state index in [4.69, 9.17) is 5.73 Å². The van der Waals surface area contributed by atoms with E-state index in [1.54, 1.807) is 18.0 Å². The Morgan fingerprint density at radius 3 is 2.47 bits per heavy atom. The number of amides is 1. The van der Waals surface area contributed by atoms with Crippen LogP contribution in [-0.2, 0) is 18.0 Å². The lowest BCUT2D eigenvalue weighted by atomic mass is 9.89. The topological polar surface area (TPSA) is 106 Å². The largest absolute Gasteiger partial charge is 0.416 e. The van der Waals surface area contributed by atoms with Crippen LogP contribution in [0.4, 0.5) is 29.1 Å². The number of halogens is 4. The molecule has 1 saturated heterocycles. The lowest BCUT2D eigenvalue weighted by Gasteiger charge is -2.31. The smallest absolute Gasteiger partial charge is 0.396 e.